The Kier molecular flexibility index (Phi) is 9.53. The molecule has 2 aromatic carbocycles. The molecule has 2 amide bonds. The number of hydrogen-bond donors (Lipinski definition) is 2. The first-order valence-corrected chi connectivity index (χ1v) is 12.5. The summed E-state index contributed by atoms with van der Waals surface area (Å²) in [4.78, 5) is 28.1. The van der Waals surface area contributed by atoms with E-state index in [2.05, 4.69) is 47.8 Å². The summed E-state index contributed by atoms with van der Waals surface area (Å²) in [6.45, 7) is 8.75. The van der Waals surface area contributed by atoms with Crippen molar-refractivity contribution >= 4 is 40.8 Å². The first-order valence-electron chi connectivity index (χ1n) is 12.5. The summed E-state index contributed by atoms with van der Waals surface area (Å²) in [5.74, 6) is -0.216. The van der Waals surface area contributed by atoms with E-state index >= 15 is 0 Å². The molecule has 37 heavy (non-hydrogen) atoms. The van der Waals surface area contributed by atoms with Crippen LogP contribution in [-0.2, 0) is 29.7 Å². The maximum Gasteiger partial charge on any atom is 0.256 e. The fraction of sp³-hybridized carbons (Fsp3) is 0.444. The SMILES string of the molecule is Cc1cc2c(cnn2C)cc1NCC(=O)N(CCNC(C)C)CC(=O)N(C)N1Cc2ccccc2C1.Cl. The summed E-state index contributed by atoms with van der Waals surface area (Å²) < 4.78 is 1.84. The molecule has 1 aromatic heterocycles. The summed E-state index contributed by atoms with van der Waals surface area (Å²) in [5, 5.41) is 15.6. The first kappa shape index (κ1) is 28.4. The van der Waals surface area contributed by atoms with E-state index in [1.54, 1.807) is 17.0 Å². The van der Waals surface area contributed by atoms with E-state index in [9.17, 15) is 9.59 Å². The number of aryl methyl sites for hydroxylation is 2. The number of rotatable bonds is 10. The van der Waals surface area contributed by atoms with Crippen LogP contribution in [0.5, 0.6) is 0 Å². The van der Waals surface area contributed by atoms with E-state index in [0.29, 0.717) is 32.2 Å². The Labute approximate surface area is 225 Å². The van der Waals surface area contributed by atoms with Crippen LogP contribution in [-0.4, -0.2) is 75.8 Å². The third-order valence-electron chi connectivity index (χ3n) is 6.74. The predicted octanol–water partition coefficient (Wildman–Crippen LogP) is 2.93. The Morgan fingerprint density at radius 1 is 1.11 bits per heavy atom. The highest BCUT2D eigenvalue weighted by molar-refractivity contribution is 5.88. The molecule has 200 valence electrons. The molecule has 0 unspecified atom stereocenters. The monoisotopic (exact) mass is 527 g/mol. The van der Waals surface area contributed by atoms with Crippen LogP contribution in [0.25, 0.3) is 10.9 Å². The van der Waals surface area contributed by atoms with Gasteiger partial charge in [0.25, 0.3) is 5.91 Å². The van der Waals surface area contributed by atoms with Gasteiger partial charge in [-0.2, -0.15) is 5.10 Å². The van der Waals surface area contributed by atoms with E-state index in [0.717, 1.165) is 22.2 Å². The molecule has 0 atom stereocenters. The summed E-state index contributed by atoms with van der Waals surface area (Å²) in [5.41, 5.74) is 5.44. The summed E-state index contributed by atoms with van der Waals surface area (Å²) in [6, 6.07) is 12.6. The van der Waals surface area contributed by atoms with Gasteiger partial charge in [-0.15, -0.1) is 12.4 Å². The zero-order valence-electron chi connectivity index (χ0n) is 22.3. The Morgan fingerprint density at radius 3 is 2.43 bits per heavy atom. The number of nitrogens with one attached hydrogen (secondary N) is 2. The molecule has 0 aliphatic carbocycles. The molecule has 0 bridgehead atoms. The molecule has 10 heteroatoms. The first-order chi connectivity index (χ1) is 17.2. The highest BCUT2D eigenvalue weighted by Gasteiger charge is 2.27. The van der Waals surface area contributed by atoms with Crippen LogP contribution >= 0.6 is 12.4 Å². The highest BCUT2D eigenvalue weighted by Crippen LogP contribution is 2.24. The molecule has 1 aliphatic heterocycles. The number of fused-ring (bicyclic) bond motifs is 2. The third kappa shape index (κ3) is 6.80. The van der Waals surface area contributed by atoms with Crippen LogP contribution in [0.2, 0.25) is 0 Å². The number of halogens is 1. The van der Waals surface area contributed by atoms with Crippen molar-refractivity contribution in [3.63, 3.8) is 0 Å². The zero-order chi connectivity index (χ0) is 25.8. The van der Waals surface area contributed by atoms with Gasteiger partial charge in [-0.1, -0.05) is 38.1 Å². The van der Waals surface area contributed by atoms with Crippen molar-refractivity contribution < 1.29 is 9.59 Å². The van der Waals surface area contributed by atoms with Crippen molar-refractivity contribution in [2.75, 3.05) is 38.5 Å². The lowest BCUT2D eigenvalue weighted by Crippen LogP contribution is -2.49. The predicted molar refractivity (Wildman–Crippen MR) is 149 cm³/mol. The molecule has 1 aliphatic rings. The highest BCUT2D eigenvalue weighted by atomic mass is 35.5. The number of hydrogen-bond acceptors (Lipinski definition) is 6. The number of anilines is 1. The minimum atomic E-state index is -0.113. The number of benzene rings is 2. The van der Waals surface area contributed by atoms with Crippen molar-refractivity contribution in [2.24, 2.45) is 7.05 Å². The van der Waals surface area contributed by atoms with Gasteiger partial charge in [0, 0.05) is 57.4 Å². The Bertz CT molecular complexity index is 1220. The zero-order valence-corrected chi connectivity index (χ0v) is 23.1. The average molecular weight is 528 g/mol. The van der Waals surface area contributed by atoms with Crippen molar-refractivity contribution in [2.45, 2.75) is 39.9 Å². The lowest BCUT2D eigenvalue weighted by Gasteiger charge is -2.31. The van der Waals surface area contributed by atoms with Crippen molar-refractivity contribution in [1.82, 2.24) is 30.0 Å². The fourth-order valence-corrected chi connectivity index (χ4v) is 4.51. The minimum Gasteiger partial charge on any atom is -0.376 e. The van der Waals surface area contributed by atoms with Gasteiger partial charge in [-0.05, 0) is 35.7 Å². The maximum absolute atomic E-state index is 13.3. The van der Waals surface area contributed by atoms with Crippen LogP contribution < -0.4 is 10.6 Å². The molecular weight excluding hydrogens is 490 g/mol. The van der Waals surface area contributed by atoms with Crippen LogP contribution in [0, 0.1) is 6.92 Å². The van der Waals surface area contributed by atoms with Gasteiger partial charge in [0.05, 0.1) is 18.3 Å². The summed E-state index contributed by atoms with van der Waals surface area (Å²) in [6.07, 6.45) is 1.82. The number of nitrogens with zero attached hydrogens (tertiary/aromatic N) is 5. The topological polar surface area (TPSA) is 85.7 Å². The van der Waals surface area contributed by atoms with Gasteiger partial charge >= 0.3 is 0 Å². The smallest absolute Gasteiger partial charge is 0.256 e. The lowest BCUT2D eigenvalue weighted by atomic mass is 10.1. The second-order valence-electron chi connectivity index (χ2n) is 9.78. The Morgan fingerprint density at radius 2 is 1.78 bits per heavy atom. The Hall–Kier alpha value is -3.14. The van der Waals surface area contributed by atoms with Gasteiger partial charge in [0.2, 0.25) is 5.91 Å². The van der Waals surface area contributed by atoms with Gasteiger partial charge in [0.1, 0.15) is 6.54 Å². The van der Waals surface area contributed by atoms with Gasteiger partial charge in [-0.25, -0.2) is 5.01 Å². The van der Waals surface area contributed by atoms with Crippen LogP contribution in [0.4, 0.5) is 5.69 Å². The van der Waals surface area contributed by atoms with E-state index in [4.69, 9.17) is 0 Å². The number of hydrazine groups is 1. The van der Waals surface area contributed by atoms with Gasteiger partial charge < -0.3 is 15.5 Å². The maximum atomic E-state index is 13.3. The molecule has 0 fully saturated rings. The van der Waals surface area contributed by atoms with E-state index in [1.165, 1.54) is 11.1 Å². The standard InChI is InChI=1S/C27H37N7O2.ClH/c1-19(2)28-10-11-33(18-27(36)32(5)34-16-21-8-6-7-9-22(21)17-34)26(35)15-29-24-13-23-14-30-31(4)25(23)12-20(24)3;/h6-9,12-14,19,28-29H,10-11,15-18H2,1-5H3;1H. The molecule has 3 aromatic rings. The Balaban J connectivity index is 0.00000380. The van der Waals surface area contributed by atoms with E-state index in [1.807, 2.05) is 48.1 Å². The van der Waals surface area contributed by atoms with Crippen molar-refractivity contribution in [3.05, 3.63) is 59.3 Å². The minimum absolute atomic E-state index is 0. The lowest BCUT2D eigenvalue weighted by molar-refractivity contribution is -0.151. The molecular formula is C27H38ClN7O2. The van der Waals surface area contributed by atoms with Crippen LogP contribution in [0.15, 0.2) is 42.6 Å². The van der Waals surface area contributed by atoms with Gasteiger partial charge in [-0.3, -0.25) is 19.3 Å². The number of likely N-dealkylation sites (N-methyl/N-ethyl adjacent to an activating group) is 1. The van der Waals surface area contributed by atoms with E-state index in [-0.39, 0.29) is 37.3 Å². The molecule has 0 spiro atoms. The largest absolute Gasteiger partial charge is 0.376 e. The molecule has 9 nitrogen and oxygen atoms in total. The third-order valence-corrected chi connectivity index (χ3v) is 6.74. The number of carbonyl (C=O) groups excluding carboxylic acids is 2. The van der Waals surface area contributed by atoms with Crippen molar-refractivity contribution in [1.29, 1.82) is 0 Å². The summed E-state index contributed by atoms with van der Waals surface area (Å²) >= 11 is 0. The number of aromatic nitrogens is 2. The summed E-state index contributed by atoms with van der Waals surface area (Å²) in [7, 11) is 3.70. The average Bonchev–Trinajstić information content (AvgIpc) is 3.44. The second-order valence-corrected chi connectivity index (χ2v) is 9.78. The van der Waals surface area contributed by atoms with Crippen LogP contribution in [0.1, 0.15) is 30.5 Å². The number of carbonyl (C=O) groups is 2. The van der Waals surface area contributed by atoms with Crippen LogP contribution in [0.3, 0.4) is 0 Å². The quantitative estimate of drug-likeness (QED) is 0.422. The number of amides is 2. The molecule has 0 saturated carbocycles. The van der Waals surface area contributed by atoms with E-state index < -0.39 is 0 Å². The molecule has 4 rings (SSSR count). The molecule has 2 heterocycles. The second kappa shape index (κ2) is 12.4. The fourth-order valence-electron chi connectivity index (χ4n) is 4.51. The van der Waals surface area contributed by atoms with Gasteiger partial charge in [0.15, 0.2) is 0 Å². The van der Waals surface area contributed by atoms with Crippen molar-refractivity contribution in [3.8, 4) is 0 Å². The molecule has 2 N–H and O–H groups in total. The molecule has 0 radical (unpaired) electrons. The normalized spacial score (nSPS) is 12.9. The molecule has 0 saturated heterocycles.